The van der Waals surface area contributed by atoms with Gasteiger partial charge < -0.3 is 23.4 Å². The van der Waals surface area contributed by atoms with Gasteiger partial charge in [-0.3, -0.25) is 0 Å². The van der Waals surface area contributed by atoms with Crippen molar-refractivity contribution in [2.45, 2.75) is 163 Å². The van der Waals surface area contributed by atoms with Crippen LogP contribution in [0.1, 0.15) is 180 Å². The van der Waals surface area contributed by atoms with Crippen molar-refractivity contribution in [3.63, 3.8) is 0 Å². The van der Waals surface area contributed by atoms with E-state index in [-0.39, 0.29) is 32.5 Å². The lowest BCUT2D eigenvalue weighted by atomic mass is 9.67. The van der Waals surface area contributed by atoms with Gasteiger partial charge >= 0.3 is 0 Å². The molecule has 1 aliphatic carbocycles. The zero-order chi connectivity index (χ0) is 67.8. The number of rotatable bonds is 10. The molecule has 0 bridgehead atoms. The van der Waals surface area contributed by atoms with Gasteiger partial charge in [0.25, 0.3) is 0 Å². The third-order valence-electron chi connectivity index (χ3n) is 20.2. The number of benzene rings is 11. The molecule has 0 saturated heterocycles. The summed E-state index contributed by atoms with van der Waals surface area (Å²) in [6.07, 6.45) is 0. The Kier molecular flexibility index (Phi) is 15.1. The van der Waals surface area contributed by atoms with Crippen LogP contribution in [0.4, 0.5) is 34.1 Å². The monoisotopic (exact) mass is 1260 g/mol. The quantitative estimate of drug-likeness (QED) is 0.136. The second-order valence-electron chi connectivity index (χ2n) is 33.1. The first-order valence-corrected chi connectivity index (χ1v) is 34.4. The van der Waals surface area contributed by atoms with E-state index >= 15 is 0 Å². The first kappa shape index (κ1) is 63.8. The molecule has 0 amide bonds. The maximum Gasteiger partial charge on any atom is 0.145 e. The predicted molar refractivity (Wildman–Crippen MR) is 406 cm³/mol. The molecule has 14 rings (SSSR count). The lowest BCUT2D eigenvalue weighted by Gasteiger charge is -2.36. The first-order chi connectivity index (χ1) is 45.4. The van der Waals surface area contributed by atoms with Crippen molar-refractivity contribution >= 4 is 78.0 Å². The van der Waals surface area contributed by atoms with E-state index in [2.05, 4.69) is 365 Å². The summed E-state index contributed by atoms with van der Waals surface area (Å²) in [5.74, 6) is 1.53. The summed E-state index contributed by atoms with van der Waals surface area (Å²) in [5.41, 5.74) is 21.8. The van der Waals surface area contributed by atoms with Gasteiger partial charge in [0.1, 0.15) is 33.8 Å². The third-order valence-corrected chi connectivity index (χ3v) is 20.2. The summed E-state index contributed by atoms with van der Waals surface area (Å²) in [4.78, 5) is 4.96. The summed E-state index contributed by atoms with van der Waals surface area (Å²) in [6, 6.07) is 86.2. The highest BCUT2D eigenvalue weighted by molar-refractivity contribution is 6.25. The summed E-state index contributed by atoms with van der Waals surface area (Å²) < 4.78 is 22.3. The molecule has 0 saturated carbocycles. The number of anilines is 6. The molecule has 0 N–H and O–H groups in total. The Morgan fingerprint density at radius 2 is 0.542 bits per heavy atom. The maximum absolute atomic E-state index is 7.70. The number of ether oxygens (including phenoxy) is 1. The van der Waals surface area contributed by atoms with E-state index in [1.165, 1.54) is 33.4 Å². The minimum Gasteiger partial charge on any atom is -0.457 e. The number of hydrogen-bond acceptors (Lipinski definition) is 5. The molecule has 0 aliphatic heterocycles. The third kappa shape index (κ3) is 11.1. The Labute approximate surface area is 569 Å². The van der Waals surface area contributed by atoms with Gasteiger partial charge in [-0.1, -0.05) is 258 Å². The average Bonchev–Trinajstić information content (AvgIpc) is 1.50. The summed E-state index contributed by atoms with van der Waals surface area (Å²) in [7, 11) is 0. The summed E-state index contributed by atoms with van der Waals surface area (Å²) >= 11 is 0. The number of para-hydroxylation sites is 2. The van der Waals surface area contributed by atoms with Gasteiger partial charge in [0.2, 0.25) is 0 Å². The average molecular weight is 1260 g/mol. The van der Waals surface area contributed by atoms with Crippen LogP contribution in [0, 0.1) is 0 Å². The zero-order valence-electron chi connectivity index (χ0n) is 59.6. The van der Waals surface area contributed by atoms with Crippen LogP contribution >= 0.6 is 0 Å². The lowest BCUT2D eigenvalue weighted by molar-refractivity contribution is 0.481. The Balaban J connectivity index is 1.16. The van der Waals surface area contributed by atoms with Gasteiger partial charge in [-0.25, -0.2) is 0 Å². The molecule has 0 spiro atoms. The summed E-state index contributed by atoms with van der Waals surface area (Å²) in [5, 5.41) is 4.09. The number of fused-ring (bicyclic) bond motifs is 11. The highest BCUT2D eigenvalue weighted by Crippen LogP contribution is 2.65. The van der Waals surface area contributed by atoms with Crippen molar-refractivity contribution in [1.82, 2.24) is 0 Å². The zero-order valence-corrected chi connectivity index (χ0v) is 59.6. The molecule has 5 nitrogen and oxygen atoms in total. The van der Waals surface area contributed by atoms with Gasteiger partial charge in [0.05, 0.1) is 27.6 Å². The van der Waals surface area contributed by atoms with E-state index < -0.39 is 5.41 Å². The molecule has 96 heavy (non-hydrogen) atoms. The molecule has 5 heteroatoms. The number of hydrogen-bond donors (Lipinski definition) is 0. The summed E-state index contributed by atoms with van der Waals surface area (Å²) in [6.45, 7) is 41.1. The van der Waals surface area contributed by atoms with Crippen molar-refractivity contribution in [2.75, 3.05) is 9.80 Å². The second kappa shape index (κ2) is 22.8. The highest BCUT2D eigenvalue weighted by Gasteiger charge is 2.51. The van der Waals surface area contributed by atoms with Crippen LogP contribution in [0.5, 0.6) is 11.5 Å². The fraction of sp³-hybridized carbons (Fsp3) is 0.275. The number of nitrogens with zero attached hydrogens (tertiary/aromatic N) is 2. The van der Waals surface area contributed by atoms with Crippen LogP contribution in [0.2, 0.25) is 0 Å². The molecule has 2 heterocycles. The Morgan fingerprint density at radius 3 is 0.833 bits per heavy atom. The van der Waals surface area contributed by atoms with E-state index in [0.717, 1.165) is 123 Å². The van der Waals surface area contributed by atoms with Gasteiger partial charge in [-0.15, -0.1) is 0 Å². The van der Waals surface area contributed by atoms with Crippen LogP contribution in [0.3, 0.4) is 0 Å². The van der Waals surface area contributed by atoms with Crippen LogP contribution in [0.15, 0.2) is 239 Å². The minimum absolute atomic E-state index is 0.00463. The van der Waals surface area contributed by atoms with Gasteiger partial charge in [0.15, 0.2) is 0 Å². The van der Waals surface area contributed by atoms with Crippen LogP contribution in [-0.4, -0.2) is 0 Å². The van der Waals surface area contributed by atoms with E-state index in [1.54, 1.807) is 0 Å². The Morgan fingerprint density at radius 1 is 0.292 bits per heavy atom. The molecule has 2 aromatic heterocycles. The largest absolute Gasteiger partial charge is 0.457 e. The smallest absolute Gasteiger partial charge is 0.145 e. The molecule has 1 aliphatic rings. The van der Waals surface area contributed by atoms with Gasteiger partial charge in [0, 0.05) is 44.6 Å². The molecular weight excluding hydrogens is 1170 g/mol. The lowest BCUT2D eigenvalue weighted by Crippen LogP contribution is -2.29. The van der Waals surface area contributed by atoms with Crippen LogP contribution in [-0.2, 0) is 37.9 Å². The standard InChI is InChI=1S/C91H92N2O3/c1-85(2,3)57-27-29-63(30-28-57)91(64-41-53-70(54-42-64)94-69-51-39-62(40-52-69)90(16,17)18)73-55-75(92(65-43-31-58(32-44-65)86(4,5)6)66-45-33-59(34-46-66)87(7,8)9)79-71-23-19-21-25-77(71)95-83(79)81(73)82-74(91)56-76(80-72-24-20-22-26-78(72)96-84(80)82)93(67-47-35-60(36-48-67)88(10,11)12)68-49-37-61(38-50-68)89(13,14)15/h19-56H,1-18H3. The van der Waals surface area contributed by atoms with Crippen molar-refractivity contribution < 1.29 is 13.6 Å². The predicted octanol–water partition coefficient (Wildman–Crippen LogP) is 26.4. The fourth-order valence-corrected chi connectivity index (χ4v) is 14.6. The Hall–Kier alpha value is -9.58. The van der Waals surface area contributed by atoms with Crippen LogP contribution in [0.25, 0.3) is 55.0 Å². The van der Waals surface area contributed by atoms with E-state index in [0.29, 0.717) is 0 Å². The first-order valence-electron chi connectivity index (χ1n) is 34.4. The minimum atomic E-state index is -1.05. The van der Waals surface area contributed by atoms with E-state index in [1.807, 2.05) is 0 Å². The molecule has 0 fully saturated rings. The van der Waals surface area contributed by atoms with E-state index in [9.17, 15) is 0 Å². The van der Waals surface area contributed by atoms with Crippen LogP contribution < -0.4 is 14.5 Å². The van der Waals surface area contributed by atoms with Crippen molar-refractivity contribution in [2.24, 2.45) is 0 Å². The second-order valence-corrected chi connectivity index (χ2v) is 33.1. The molecule has 484 valence electrons. The molecular formula is C91H92N2O3. The highest BCUT2D eigenvalue weighted by atomic mass is 16.5. The maximum atomic E-state index is 7.70. The molecule has 0 radical (unpaired) electrons. The topological polar surface area (TPSA) is 42.0 Å². The molecule has 11 aromatic carbocycles. The van der Waals surface area contributed by atoms with E-state index in [4.69, 9.17) is 13.6 Å². The van der Waals surface area contributed by atoms with Crippen molar-refractivity contribution in [3.05, 3.63) is 286 Å². The molecule has 13 aromatic rings. The van der Waals surface area contributed by atoms with Gasteiger partial charge in [-0.05, 0) is 185 Å². The van der Waals surface area contributed by atoms with Gasteiger partial charge in [-0.2, -0.15) is 0 Å². The molecule has 0 atom stereocenters. The number of furan rings is 2. The van der Waals surface area contributed by atoms with Crippen molar-refractivity contribution in [3.8, 4) is 22.6 Å². The van der Waals surface area contributed by atoms with Crippen molar-refractivity contribution in [1.29, 1.82) is 0 Å². The fourth-order valence-electron chi connectivity index (χ4n) is 14.6. The SMILES string of the molecule is CC(C)(C)c1ccc(Oc2ccc(C3(c4ccc(C(C)(C)C)cc4)c4cc(N(c5ccc(C(C)(C)C)cc5)c5ccc(C(C)(C)C)cc5)c5c(oc6ccccc65)c4-c4c3cc(N(c3ccc(C(C)(C)C)cc3)c3ccc(C(C)(C)C)cc3)c3c4oc4ccccc43)cc2)cc1. The molecule has 0 unspecified atom stereocenters. The Bertz CT molecular complexity index is 4700. The normalized spacial score (nSPS) is 13.6.